The minimum atomic E-state index is -0.680. The van der Waals surface area contributed by atoms with E-state index in [9.17, 15) is 14.4 Å². The van der Waals surface area contributed by atoms with Crippen LogP contribution < -0.4 is 0 Å². The number of cyclic esters (lactones) is 1. The molecule has 0 radical (unpaired) electrons. The summed E-state index contributed by atoms with van der Waals surface area (Å²) in [5.74, 6) is 2.58. The van der Waals surface area contributed by atoms with Crippen molar-refractivity contribution in [3.8, 4) is 0 Å². The Morgan fingerprint density at radius 3 is 2.58 bits per heavy atom. The third kappa shape index (κ3) is 1.35. The average Bonchev–Trinajstić information content (AvgIpc) is 2.03. The van der Waals surface area contributed by atoms with Gasteiger partial charge in [0.1, 0.15) is 18.0 Å². The van der Waals surface area contributed by atoms with Gasteiger partial charge in [-0.3, -0.25) is 4.79 Å². The highest BCUT2D eigenvalue weighted by Gasteiger charge is 2.27. The van der Waals surface area contributed by atoms with E-state index in [2.05, 4.69) is 4.74 Å². The summed E-state index contributed by atoms with van der Waals surface area (Å²) in [6.45, 7) is 1.51. The summed E-state index contributed by atoms with van der Waals surface area (Å²) in [6.07, 6.45) is -0.863. The van der Waals surface area contributed by atoms with E-state index in [-0.39, 0.29) is 17.6 Å². The molecule has 1 rings (SSSR count). The summed E-state index contributed by atoms with van der Waals surface area (Å²) < 4.78 is 4.68. The fourth-order valence-electron chi connectivity index (χ4n) is 1.02. The van der Waals surface area contributed by atoms with Gasteiger partial charge in [0.05, 0.1) is 17.6 Å². The van der Waals surface area contributed by atoms with Gasteiger partial charge < -0.3 is 4.74 Å². The number of carbonyl (C=O) groups excluding carboxylic acids is 3. The molecule has 0 aromatic heterocycles. The normalized spacial score (nSPS) is 22.8. The zero-order valence-corrected chi connectivity index (χ0v) is 6.42. The molecule has 12 heavy (non-hydrogen) atoms. The lowest BCUT2D eigenvalue weighted by atomic mass is 9.99. The van der Waals surface area contributed by atoms with E-state index < -0.39 is 12.1 Å². The number of rotatable bonds is 0. The van der Waals surface area contributed by atoms with Gasteiger partial charge in [0.25, 0.3) is 0 Å². The molecule has 0 spiro atoms. The Kier molecular flexibility index (Phi) is 2.24. The Bertz CT molecular complexity index is 316. The van der Waals surface area contributed by atoms with Gasteiger partial charge in [-0.25, -0.2) is 9.59 Å². The van der Waals surface area contributed by atoms with E-state index >= 15 is 0 Å². The molecule has 1 saturated heterocycles. The number of hydrogen-bond donors (Lipinski definition) is 0. The predicted molar refractivity (Wildman–Crippen MR) is 38.6 cm³/mol. The average molecular weight is 166 g/mol. The molecule has 0 saturated carbocycles. The third-order valence-corrected chi connectivity index (χ3v) is 1.59. The topological polar surface area (TPSA) is 60.4 Å². The van der Waals surface area contributed by atoms with Crippen molar-refractivity contribution in [1.29, 1.82) is 0 Å². The standard InChI is InChI=1S/C8H6O4/c1-5-7(4-10)6(3-9)2-8(11)12-5/h5H,2H2,1H3. The quantitative estimate of drug-likeness (QED) is 0.370. The highest BCUT2D eigenvalue weighted by Crippen LogP contribution is 2.21. The molecule has 1 heterocycles. The van der Waals surface area contributed by atoms with Crippen LogP contribution in [-0.2, 0) is 19.1 Å². The molecule has 1 aliphatic rings. The van der Waals surface area contributed by atoms with Crippen molar-refractivity contribution in [3.05, 3.63) is 11.1 Å². The SMILES string of the molecule is CC1OC(=O)CC(=C=O)C1=C=O. The van der Waals surface area contributed by atoms with Gasteiger partial charge in [0.15, 0.2) is 0 Å². The Labute approximate surface area is 68.5 Å². The molecular formula is C8H6O4. The van der Waals surface area contributed by atoms with Crippen molar-refractivity contribution in [3.63, 3.8) is 0 Å². The lowest BCUT2D eigenvalue weighted by Crippen LogP contribution is -2.25. The minimum Gasteiger partial charge on any atom is -0.457 e. The van der Waals surface area contributed by atoms with E-state index in [0.29, 0.717) is 0 Å². The summed E-state index contributed by atoms with van der Waals surface area (Å²) in [5.41, 5.74) is 0.137. The van der Waals surface area contributed by atoms with E-state index in [0.717, 1.165) is 0 Å². The molecule has 4 heteroatoms. The molecule has 1 fully saturated rings. The molecule has 0 N–H and O–H groups in total. The van der Waals surface area contributed by atoms with E-state index in [1.54, 1.807) is 5.94 Å². The second-order valence-corrected chi connectivity index (χ2v) is 2.41. The van der Waals surface area contributed by atoms with Gasteiger partial charge in [0, 0.05) is 0 Å². The first-order chi connectivity index (χ1) is 5.69. The summed E-state index contributed by atoms with van der Waals surface area (Å²) in [6, 6.07) is 0. The molecule has 0 bridgehead atoms. The maximum absolute atomic E-state index is 10.7. The Morgan fingerprint density at radius 1 is 1.42 bits per heavy atom. The number of carbonyl (C=O) groups is 1. The van der Waals surface area contributed by atoms with E-state index in [1.165, 1.54) is 12.9 Å². The van der Waals surface area contributed by atoms with Crippen molar-refractivity contribution in [1.82, 2.24) is 0 Å². The number of esters is 1. The summed E-state index contributed by atoms with van der Waals surface area (Å²) in [7, 11) is 0. The lowest BCUT2D eigenvalue weighted by Gasteiger charge is -2.19. The van der Waals surface area contributed by atoms with Crippen molar-refractivity contribution in [2.75, 3.05) is 0 Å². The van der Waals surface area contributed by atoms with Crippen LogP contribution in [0, 0.1) is 0 Å². The molecule has 1 unspecified atom stereocenters. The van der Waals surface area contributed by atoms with Crippen molar-refractivity contribution >= 4 is 17.9 Å². The first-order valence-electron chi connectivity index (χ1n) is 3.38. The zero-order chi connectivity index (χ0) is 9.14. The maximum atomic E-state index is 10.7. The van der Waals surface area contributed by atoms with Crippen LogP contribution in [0.5, 0.6) is 0 Å². The largest absolute Gasteiger partial charge is 0.457 e. The molecule has 0 amide bonds. The summed E-state index contributed by atoms with van der Waals surface area (Å²) in [4.78, 5) is 31.3. The monoisotopic (exact) mass is 166 g/mol. The molecule has 0 aliphatic carbocycles. The van der Waals surface area contributed by atoms with Crippen LogP contribution in [0.4, 0.5) is 0 Å². The van der Waals surface area contributed by atoms with E-state index in [1.807, 2.05) is 0 Å². The molecule has 4 nitrogen and oxygen atoms in total. The Hall–Kier alpha value is -1.63. The first-order valence-corrected chi connectivity index (χ1v) is 3.38. The van der Waals surface area contributed by atoms with Gasteiger partial charge in [-0.2, -0.15) is 0 Å². The lowest BCUT2D eigenvalue weighted by molar-refractivity contribution is -0.147. The second-order valence-electron chi connectivity index (χ2n) is 2.41. The molecule has 1 aliphatic heterocycles. The van der Waals surface area contributed by atoms with Gasteiger partial charge in [-0.15, -0.1) is 0 Å². The van der Waals surface area contributed by atoms with Crippen LogP contribution in [0.2, 0.25) is 0 Å². The van der Waals surface area contributed by atoms with Gasteiger partial charge >= 0.3 is 5.97 Å². The summed E-state index contributed by atoms with van der Waals surface area (Å²) in [5, 5.41) is 0. The van der Waals surface area contributed by atoms with Crippen molar-refractivity contribution in [2.45, 2.75) is 19.4 Å². The van der Waals surface area contributed by atoms with Crippen molar-refractivity contribution in [2.24, 2.45) is 0 Å². The van der Waals surface area contributed by atoms with Crippen LogP contribution in [0.3, 0.4) is 0 Å². The first kappa shape index (κ1) is 8.47. The Balaban J connectivity index is 3.09. The molecule has 1 atom stereocenters. The van der Waals surface area contributed by atoms with Gasteiger partial charge in [-0.1, -0.05) is 0 Å². The highest BCUT2D eigenvalue weighted by atomic mass is 16.5. The van der Waals surface area contributed by atoms with Crippen LogP contribution in [0.15, 0.2) is 11.1 Å². The third-order valence-electron chi connectivity index (χ3n) is 1.59. The number of hydrogen-bond acceptors (Lipinski definition) is 4. The van der Waals surface area contributed by atoms with Gasteiger partial charge in [0.2, 0.25) is 0 Å². The molecule has 62 valence electrons. The fraction of sp³-hybridized carbons (Fsp3) is 0.375. The molecule has 0 aromatic rings. The van der Waals surface area contributed by atoms with E-state index in [4.69, 9.17) is 0 Å². The molecular weight excluding hydrogens is 160 g/mol. The van der Waals surface area contributed by atoms with Crippen LogP contribution in [-0.4, -0.2) is 24.0 Å². The fourth-order valence-corrected chi connectivity index (χ4v) is 1.02. The maximum Gasteiger partial charge on any atom is 0.311 e. The summed E-state index contributed by atoms with van der Waals surface area (Å²) >= 11 is 0. The van der Waals surface area contributed by atoms with Crippen LogP contribution in [0.1, 0.15) is 13.3 Å². The zero-order valence-electron chi connectivity index (χ0n) is 6.42. The van der Waals surface area contributed by atoms with Crippen LogP contribution in [0.25, 0.3) is 0 Å². The molecule has 0 aromatic carbocycles. The second kappa shape index (κ2) is 3.18. The minimum absolute atomic E-state index is 0.0498. The van der Waals surface area contributed by atoms with Crippen molar-refractivity contribution < 1.29 is 19.1 Å². The van der Waals surface area contributed by atoms with Gasteiger partial charge in [-0.05, 0) is 6.92 Å². The highest BCUT2D eigenvalue weighted by molar-refractivity contribution is 5.85. The Morgan fingerprint density at radius 2 is 2.08 bits per heavy atom. The smallest absolute Gasteiger partial charge is 0.311 e. The number of ether oxygens (including phenoxy) is 1. The predicted octanol–water partition coefficient (Wildman–Crippen LogP) is -0.162. The van der Waals surface area contributed by atoms with Crippen LogP contribution >= 0.6 is 0 Å².